The van der Waals surface area contributed by atoms with Gasteiger partial charge in [-0.25, -0.2) is 4.79 Å². The molecule has 1 atom stereocenters. The summed E-state index contributed by atoms with van der Waals surface area (Å²) in [5.74, 6) is -0.0641. The summed E-state index contributed by atoms with van der Waals surface area (Å²) in [5, 5.41) is 8.98. The molecule has 1 aliphatic heterocycles. The Morgan fingerprint density at radius 3 is 2.86 bits per heavy atom. The summed E-state index contributed by atoms with van der Waals surface area (Å²) in [7, 11) is 0. The van der Waals surface area contributed by atoms with Gasteiger partial charge < -0.3 is 14.7 Å². The number of carboxylic acid groups (broad SMARTS) is 1. The molecule has 0 aliphatic carbocycles. The molecule has 1 heterocycles. The molecule has 1 fully saturated rings. The van der Waals surface area contributed by atoms with Crippen molar-refractivity contribution in [3.05, 3.63) is 29.3 Å². The van der Waals surface area contributed by atoms with Crippen LogP contribution in [0, 0.1) is 12.8 Å². The molecule has 2 rings (SSSR count). The fraction of sp³-hybridized carbons (Fsp3) is 0.500. The first kappa shape index (κ1) is 15.4. The van der Waals surface area contributed by atoms with Gasteiger partial charge in [-0.2, -0.15) is 0 Å². The molecule has 1 unspecified atom stereocenters. The molecule has 5 nitrogen and oxygen atoms in total. The lowest BCUT2D eigenvalue weighted by molar-refractivity contribution is -0.135. The highest BCUT2D eigenvalue weighted by molar-refractivity contribution is 5.88. The van der Waals surface area contributed by atoms with E-state index in [0.717, 1.165) is 31.5 Å². The van der Waals surface area contributed by atoms with Crippen LogP contribution in [-0.2, 0) is 4.79 Å². The molecule has 1 aliphatic rings. The van der Waals surface area contributed by atoms with Gasteiger partial charge in [0.25, 0.3) is 5.91 Å². The zero-order valence-corrected chi connectivity index (χ0v) is 12.5. The van der Waals surface area contributed by atoms with Crippen LogP contribution in [0.25, 0.3) is 0 Å². The van der Waals surface area contributed by atoms with Crippen molar-refractivity contribution in [2.75, 3.05) is 19.7 Å². The summed E-state index contributed by atoms with van der Waals surface area (Å²) >= 11 is 0. The predicted molar refractivity (Wildman–Crippen MR) is 78.6 cm³/mol. The normalized spacial score (nSPS) is 18.4. The lowest BCUT2D eigenvalue weighted by Gasteiger charge is -2.30. The third-order valence-electron chi connectivity index (χ3n) is 3.80. The number of hydrogen-bond acceptors (Lipinski definition) is 3. The first-order chi connectivity index (χ1) is 9.97. The van der Waals surface area contributed by atoms with Gasteiger partial charge in [0.1, 0.15) is 5.75 Å². The molecule has 1 aromatic carbocycles. The molecule has 0 bridgehead atoms. The maximum atomic E-state index is 12.1. The lowest BCUT2D eigenvalue weighted by Crippen LogP contribution is -2.41. The number of carbonyl (C=O) groups excluding carboxylic acids is 1. The first-order valence-electron chi connectivity index (χ1n) is 7.22. The number of aryl methyl sites for hydroxylation is 1. The Hall–Kier alpha value is -2.04. The molecule has 1 aromatic rings. The van der Waals surface area contributed by atoms with Crippen molar-refractivity contribution in [3.63, 3.8) is 0 Å². The maximum absolute atomic E-state index is 12.1. The minimum Gasteiger partial charge on any atom is -0.483 e. The number of piperidine rings is 1. The number of amides is 1. The minimum atomic E-state index is -1.00. The third kappa shape index (κ3) is 3.97. The van der Waals surface area contributed by atoms with Crippen molar-refractivity contribution in [2.24, 2.45) is 5.92 Å². The van der Waals surface area contributed by atoms with Crippen molar-refractivity contribution >= 4 is 11.9 Å². The summed E-state index contributed by atoms with van der Waals surface area (Å²) in [5.41, 5.74) is 0.981. The van der Waals surface area contributed by atoms with Crippen LogP contribution in [0.5, 0.6) is 5.75 Å². The second-order valence-corrected chi connectivity index (χ2v) is 5.66. The quantitative estimate of drug-likeness (QED) is 0.924. The smallest absolute Gasteiger partial charge is 0.335 e. The summed E-state index contributed by atoms with van der Waals surface area (Å²) in [4.78, 5) is 24.9. The Balaban J connectivity index is 1.97. The third-order valence-corrected chi connectivity index (χ3v) is 3.80. The topological polar surface area (TPSA) is 66.8 Å². The molecule has 0 radical (unpaired) electrons. The summed E-state index contributed by atoms with van der Waals surface area (Å²) in [6.45, 7) is 5.48. The van der Waals surface area contributed by atoms with Gasteiger partial charge >= 0.3 is 5.97 Å². The summed E-state index contributed by atoms with van der Waals surface area (Å²) < 4.78 is 5.52. The monoisotopic (exact) mass is 291 g/mol. The van der Waals surface area contributed by atoms with Crippen LogP contribution in [0.4, 0.5) is 0 Å². The minimum absolute atomic E-state index is 0.0401. The average Bonchev–Trinajstić information content (AvgIpc) is 2.45. The zero-order valence-electron chi connectivity index (χ0n) is 12.5. The van der Waals surface area contributed by atoms with Crippen LogP contribution in [0.2, 0.25) is 0 Å². The van der Waals surface area contributed by atoms with Gasteiger partial charge in [-0.15, -0.1) is 0 Å². The number of aromatic carboxylic acids is 1. The predicted octanol–water partition coefficient (Wildman–Crippen LogP) is 2.33. The van der Waals surface area contributed by atoms with Crippen LogP contribution in [0.1, 0.15) is 35.7 Å². The van der Waals surface area contributed by atoms with E-state index in [1.54, 1.807) is 6.07 Å². The number of benzene rings is 1. The Bertz CT molecular complexity index is 541. The van der Waals surface area contributed by atoms with Crippen molar-refractivity contribution in [1.82, 2.24) is 4.90 Å². The lowest BCUT2D eigenvalue weighted by atomic mass is 10.0. The molecule has 21 heavy (non-hydrogen) atoms. The highest BCUT2D eigenvalue weighted by Gasteiger charge is 2.21. The van der Waals surface area contributed by atoms with E-state index in [1.807, 2.05) is 11.8 Å². The summed E-state index contributed by atoms with van der Waals surface area (Å²) in [6, 6.07) is 4.68. The van der Waals surface area contributed by atoms with E-state index in [9.17, 15) is 9.59 Å². The van der Waals surface area contributed by atoms with E-state index in [1.165, 1.54) is 12.1 Å². The number of rotatable bonds is 4. The Labute approximate surface area is 124 Å². The molecule has 1 N–H and O–H groups in total. The Morgan fingerprint density at radius 1 is 1.43 bits per heavy atom. The average molecular weight is 291 g/mol. The molecule has 1 saturated heterocycles. The second-order valence-electron chi connectivity index (χ2n) is 5.66. The van der Waals surface area contributed by atoms with Gasteiger partial charge in [-0.05, 0) is 43.4 Å². The number of likely N-dealkylation sites (tertiary alicyclic amines) is 1. The van der Waals surface area contributed by atoms with E-state index in [2.05, 4.69) is 6.92 Å². The van der Waals surface area contributed by atoms with Crippen LogP contribution >= 0.6 is 0 Å². The van der Waals surface area contributed by atoms with Gasteiger partial charge in [0.05, 0.1) is 5.56 Å². The van der Waals surface area contributed by atoms with Crippen LogP contribution in [0.15, 0.2) is 18.2 Å². The van der Waals surface area contributed by atoms with Crippen LogP contribution < -0.4 is 4.74 Å². The molecule has 1 amide bonds. The van der Waals surface area contributed by atoms with Gasteiger partial charge in [-0.3, -0.25) is 4.79 Å². The van der Waals surface area contributed by atoms with E-state index in [-0.39, 0.29) is 18.1 Å². The molecule has 0 spiro atoms. The largest absolute Gasteiger partial charge is 0.483 e. The zero-order chi connectivity index (χ0) is 15.4. The van der Waals surface area contributed by atoms with E-state index < -0.39 is 5.97 Å². The SMILES string of the molecule is Cc1ccc(C(=O)O)cc1OCC(=O)N1CCCC(C)C1. The van der Waals surface area contributed by atoms with Gasteiger partial charge in [-0.1, -0.05) is 13.0 Å². The molecular weight excluding hydrogens is 270 g/mol. The van der Waals surface area contributed by atoms with Gasteiger partial charge in [0.2, 0.25) is 0 Å². The highest BCUT2D eigenvalue weighted by atomic mass is 16.5. The Morgan fingerprint density at radius 2 is 2.19 bits per heavy atom. The fourth-order valence-corrected chi connectivity index (χ4v) is 2.54. The standard InChI is InChI=1S/C16H21NO4/c1-11-4-3-7-17(9-11)15(18)10-21-14-8-13(16(19)20)6-5-12(14)2/h5-6,8,11H,3-4,7,9-10H2,1-2H3,(H,19,20). The Kier molecular flexibility index (Phi) is 4.83. The molecule has 114 valence electrons. The van der Waals surface area contributed by atoms with Crippen LogP contribution in [0.3, 0.4) is 0 Å². The van der Waals surface area contributed by atoms with Gasteiger partial charge in [0.15, 0.2) is 6.61 Å². The number of carboxylic acids is 1. The van der Waals surface area contributed by atoms with Crippen molar-refractivity contribution in [2.45, 2.75) is 26.7 Å². The number of hydrogen-bond donors (Lipinski definition) is 1. The number of nitrogens with zero attached hydrogens (tertiary/aromatic N) is 1. The first-order valence-corrected chi connectivity index (χ1v) is 7.22. The number of ether oxygens (including phenoxy) is 1. The number of carbonyl (C=O) groups is 2. The van der Waals surface area contributed by atoms with E-state index in [0.29, 0.717) is 11.7 Å². The second kappa shape index (κ2) is 6.61. The highest BCUT2D eigenvalue weighted by Crippen LogP contribution is 2.20. The molecule has 0 aromatic heterocycles. The van der Waals surface area contributed by atoms with Gasteiger partial charge in [0, 0.05) is 13.1 Å². The maximum Gasteiger partial charge on any atom is 0.335 e. The van der Waals surface area contributed by atoms with Crippen LogP contribution in [-0.4, -0.2) is 41.6 Å². The van der Waals surface area contributed by atoms with E-state index in [4.69, 9.17) is 9.84 Å². The van der Waals surface area contributed by atoms with Crippen molar-refractivity contribution in [1.29, 1.82) is 0 Å². The molecule has 5 heteroatoms. The van der Waals surface area contributed by atoms with Crippen molar-refractivity contribution < 1.29 is 19.4 Å². The molecular formula is C16H21NO4. The fourth-order valence-electron chi connectivity index (χ4n) is 2.54. The summed E-state index contributed by atoms with van der Waals surface area (Å²) in [6.07, 6.45) is 2.19. The van der Waals surface area contributed by atoms with Crippen molar-refractivity contribution in [3.8, 4) is 5.75 Å². The molecule has 0 saturated carbocycles. The van der Waals surface area contributed by atoms with E-state index >= 15 is 0 Å².